The van der Waals surface area contributed by atoms with Crippen molar-refractivity contribution in [3.63, 3.8) is 0 Å². The molecular weight excluding hydrogens is 462 g/mol. The lowest BCUT2D eigenvalue weighted by Crippen LogP contribution is -2.45. The average molecular weight is 483 g/mol. The van der Waals surface area contributed by atoms with Crippen molar-refractivity contribution in [2.24, 2.45) is 0 Å². The van der Waals surface area contributed by atoms with Crippen molar-refractivity contribution in [2.75, 3.05) is 13.7 Å². The molecule has 2 aromatic rings. The van der Waals surface area contributed by atoms with E-state index in [0.717, 1.165) is 10.9 Å². The van der Waals surface area contributed by atoms with Gasteiger partial charge in [-0.25, -0.2) is 0 Å². The minimum Gasteiger partial charge on any atom is -0.493 e. The van der Waals surface area contributed by atoms with E-state index in [1.54, 1.807) is 35.2 Å². The number of carbonyl (C=O) groups excluding carboxylic acids is 2. The fourth-order valence-corrected chi connectivity index (χ4v) is 3.63. The van der Waals surface area contributed by atoms with Crippen LogP contribution >= 0.6 is 15.9 Å². The first-order chi connectivity index (χ1) is 14.4. The molecule has 0 spiro atoms. The monoisotopic (exact) mass is 482 g/mol. The number of rotatable bonds is 7. The third-order valence-electron chi connectivity index (χ3n) is 4.82. The van der Waals surface area contributed by atoms with Gasteiger partial charge >= 0.3 is 6.61 Å². The van der Waals surface area contributed by atoms with Crippen LogP contribution in [0.25, 0.3) is 0 Å². The number of alkyl halides is 2. The molecule has 1 fully saturated rings. The Hall–Kier alpha value is -2.68. The molecule has 1 atom stereocenters. The molecule has 1 heterocycles. The first kappa shape index (κ1) is 22.0. The van der Waals surface area contributed by atoms with Crippen LogP contribution in [0.5, 0.6) is 11.5 Å². The van der Waals surface area contributed by atoms with Crippen LogP contribution in [0, 0.1) is 0 Å². The lowest BCUT2D eigenvalue weighted by atomic mass is 10.1. The zero-order valence-corrected chi connectivity index (χ0v) is 17.8. The van der Waals surface area contributed by atoms with E-state index < -0.39 is 12.7 Å². The second kappa shape index (κ2) is 9.88. The molecule has 0 saturated carbocycles. The van der Waals surface area contributed by atoms with Crippen LogP contribution in [-0.2, 0) is 11.3 Å². The van der Waals surface area contributed by atoms with Gasteiger partial charge in [-0.3, -0.25) is 9.59 Å². The van der Waals surface area contributed by atoms with E-state index in [2.05, 4.69) is 26.0 Å². The largest absolute Gasteiger partial charge is 0.493 e. The molecule has 3 rings (SSSR count). The van der Waals surface area contributed by atoms with Crippen LogP contribution in [-0.4, -0.2) is 43.0 Å². The fraction of sp³-hybridized carbons (Fsp3) is 0.333. The Balaban J connectivity index is 1.65. The number of nitrogens with zero attached hydrogens (tertiary/aromatic N) is 1. The molecular formula is C21H21BrF2N2O4. The number of amides is 2. The van der Waals surface area contributed by atoms with Gasteiger partial charge in [-0.15, -0.1) is 0 Å². The van der Waals surface area contributed by atoms with Gasteiger partial charge in [0.25, 0.3) is 5.91 Å². The van der Waals surface area contributed by atoms with Gasteiger partial charge in [0, 0.05) is 23.1 Å². The fourth-order valence-electron chi connectivity index (χ4n) is 3.37. The van der Waals surface area contributed by atoms with Gasteiger partial charge in [-0.1, -0.05) is 22.0 Å². The topological polar surface area (TPSA) is 67.9 Å². The van der Waals surface area contributed by atoms with E-state index in [0.29, 0.717) is 24.1 Å². The molecule has 1 saturated heterocycles. The number of methoxy groups -OCH3 is 1. The van der Waals surface area contributed by atoms with Crippen LogP contribution in [0.2, 0.25) is 0 Å². The summed E-state index contributed by atoms with van der Waals surface area (Å²) in [5.74, 6) is -0.415. The van der Waals surface area contributed by atoms with Crippen molar-refractivity contribution in [1.29, 1.82) is 0 Å². The van der Waals surface area contributed by atoms with Gasteiger partial charge in [-0.05, 0) is 54.8 Å². The maximum Gasteiger partial charge on any atom is 0.387 e. The third-order valence-corrected chi connectivity index (χ3v) is 5.35. The molecule has 9 heteroatoms. The minimum absolute atomic E-state index is 0.104. The summed E-state index contributed by atoms with van der Waals surface area (Å²) in [6, 6.07) is 10.9. The molecule has 1 unspecified atom stereocenters. The van der Waals surface area contributed by atoms with E-state index in [4.69, 9.17) is 4.74 Å². The first-order valence-corrected chi connectivity index (χ1v) is 10.1. The Morgan fingerprint density at radius 3 is 2.60 bits per heavy atom. The van der Waals surface area contributed by atoms with Gasteiger partial charge in [0.2, 0.25) is 5.91 Å². The number of likely N-dealkylation sites (tertiary alicyclic amines) is 1. The molecule has 160 valence electrons. The van der Waals surface area contributed by atoms with Crippen molar-refractivity contribution < 1.29 is 27.8 Å². The summed E-state index contributed by atoms with van der Waals surface area (Å²) < 4.78 is 35.5. The molecule has 6 nitrogen and oxygen atoms in total. The summed E-state index contributed by atoms with van der Waals surface area (Å²) in [5, 5.41) is 2.78. The minimum atomic E-state index is -2.99. The highest BCUT2D eigenvalue weighted by atomic mass is 79.9. The maximum absolute atomic E-state index is 12.8. The molecule has 0 aromatic heterocycles. The number of nitrogens with one attached hydrogen (secondary N) is 1. The number of ether oxygens (including phenoxy) is 2. The SMILES string of the molecule is COc1ccc(CNC(=O)C2CCCN2C(=O)c2ccc(Br)cc2)cc1OC(F)F. The van der Waals surface area contributed by atoms with E-state index >= 15 is 0 Å². The van der Waals surface area contributed by atoms with E-state index in [1.165, 1.54) is 19.2 Å². The van der Waals surface area contributed by atoms with Crippen LogP contribution in [0.15, 0.2) is 46.9 Å². The molecule has 1 aliphatic heterocycles. The predicted molar refractivity (Wildman–Crippen MR) is 110 cm³/mol. The summed E-state index contributed by atoms with van der Waals surface area (Å²) in [6.07, 6.45) is 1.30. The van der Waals surface area contributed by atoms with Gasteiger partial charge in [0.05, 0.1) is 7.11 Å². The molecule has 1 N–H and O–H groups in total. The highest BCUT2D eigenvalue weighted by Crippen LogP contribution is 2.29. The van der Waals surface area contributed by atoms with Gasteiger partial charge in [0.1, 0.15) is 6.04 Å². The molecule has 0 bridgehead atoms. The normalized spacial score (nSPS) is 15.9. The number of hydrogen-bond donors (Lipinski definition) is 1. The zero-order chi connectivity index (χ0) is 21.7. The molecule has 30 heavy (non-hydrogen) atoms. The summed E-state index contributed by atoms with van der Waals surface area (Å²) >= 11 is 3.34. The Labute approximate surface area is 181 Å². The number of hydrogen-bond acceptors (Lipinski definition) is 4. The Morgan fingerprint density at radius 2 is 1.93 bits per heavy atom. The van der Waals surface area contributed by atoms with E-state index in [-0.39, 0.29) is 29.9 Å². The van der Waals surface area contributed by atoms with Gasteiger partial charge < -0.3 is 19.7 Å². The Bertz CT molecular complexity index is 908. The summed E-state index contributed by atoms with van der Waals surface area (Å²) in [6.45, 7) is -2.37. The standard InChI is InChI=1S/C21H21BrF2N2O4/c1-29-17-9-4-13(11-18(17)30-21(23)24)12-25-19(27)16-3-2-10-26(16)20(28)14-5-7-15(22)8-6-14/h4-9,11,16,21H,2-3,10,12H2,1H3,(H,25,27). The quantitative estimate of drug-likeness (QED) is 0.647. The average Bonchev–Trinajstić information content (AvgIpc) is 3.22. The van der Waals surface area contributed by atoms with Crippen molar-refractivity contribution in [3.05, 3.63) is 58.1 Å². The first-order valence-electron chi connectivity index (χ1n) is 9.35. The predicted octanol–water partition coefficient (Wildman–Crippen LogP) is 3.98. The number of benzene rings is 2. The number of carbonyl (C=O) groups is 2. The molecule has 1 aliphatic rings. The third kappa shape index (κ3) is 5.27. The molecule has 0 radical (unpaired) electrons. The van der Waals surface area contributed by atoms with Crippen molar-refractivity contribution in [2.45, 2.75) is 32.0 Å². The summed E-state index contributed by atoms with van der Waals surface area (Å²) in [5.41, 5.74) is 1.09. The smallest absolute Gasteiger partial charge is 0.387 e. The maximum atomic E-state index is 12.8. The van der Waals surface area contributed by atoms with Crippen LogP contribution in [0.3, 0.4) is 0 Å². The van der Waals surface area contributed by atoms with E-state index in [1.807, 2.05) is 0 Å². The van der Waals surface area contributed by atoms with Crippen molar-refractivity contribution in [3.8, 4) is 11.5 Å². The highest BCUT2D eigenvalue weighted by molar-refractivity contribution is 9.10. The van der Waals surface area contributed by atoms with Gasteiger partial charge in [0.15, 0.2) is 11.5 Å². The molecule has 2 amide bonds. The molecule has 2 aromatic carbocycles. The van der Waals surface area contributed by atoms with Gasteiger partial charge in [-0.2, -0.15) is 8.78 Å². The Morgan fingerprint density at radius 1 is 1.20 bits per heavy atom. The van der Waals surface area contributed by atoms with Crippen LogP contribution in [0.1, 0.15) is 28.8 Å². The number of halogens is 3. The zero-order valence-electron chi connectivity index (χ0n) is 16.2. The highest BCUT2D eigenvalue weighted by Gasteiger charge is 2.34. The second-order valence-corrected chi connectivity index (χ2v) is 7.66. The van der Waals surface area contributed by atoms with Crippen LogP contribution in [0.4, 0.5) is 8.78 Å². The van der Waals surface area contributed by atoms with E-state index in [9.17, 15) is 18.4 Å². The lowest BCUT2D eigenvalue weighted by Gasteiger charge is -2.24. The van der Waals surface area contributed by atoms with Crippen molar-refractivity contribution in [1.82, 2.24) is 10.2 Å². The second-order valence-electron chi connectivity index (χ2n) is 6.74. The lowest BCUT2D eigenvalue weighted by molar-refractivity contribution is -0.125. The molecule has 0 aliphatic carbocycles. The van der Waals surface area contributed by atoms with Crippen molar-refractivity contribution >= 4 is 27.7 Å². The van der Waals surface area contributed by atoms with Crippen LogP contribution < -0.4 is 14.8 Å². The summed E-state index contributed by atoms with van der Waals surface area (Å²) in [7, 11) is 1.35. The summed E-state index contributed by atoms with van der Waals surface area (Å²) in [4.78, 5) is 27.1. The Kier molecular flexibility index (Phi) is 7.25.